The number of aromatic amines is 1. The van der Waals surface area contributed by atoms with Crippen molar-refractivity contribution in [3.8, 4) is 0 Å². The van der Waals surface area contributed by atoms with Crippen LogP contribution in [0, 0.1) is 0 Å². The van der Waals surface area contributed by atoms with Gasteiger partial charge in [-0.1, -0.05) is 6.92 Å². The van der Waals surface area contributed by atoms with E-state index in [2.05, 4.69) is 10.2 Å². The molecular weight excluding hydrogens is 196 g/mol. The number of nitrogens with one attached hydrogen (secondary N) is 1. The molecule has 1 atom stereocenters. The van der Waals surface area contributed by atoms with Gasteiger partial charge in [-0.05, 0) is 19.4 Å². The molecule has 15 heavy (non-hydrogen) atoms. The van der Waals surface area contributed by atoms with E-state index in [0.717, 1.165) is 0 Å². The van der Waals surface area contributed by atoms with Crippen molar-refractivity contribution >= 4 is 5.97 Å². The molecule has 0 saturated heterocycles. The normalized spacial score (nSPS) is 12.1. The van der Waals surface area contributed by atoms with Crippen molar-refractivity contribution in [2.75, 3.05) is 6.61 Å². The van der Waals surface area contributed by atoms with E-state index in [0.29, 0.717) is 18.6 Å². The highest BCUT2D eigenvalue weighted by molar-refractivity contribution is 5.77. The second kappa shape index (κ2) is 5.29. The molecule has 0 aliphatic carbocycles. The Kier molecular flexibility index (Phi) is 4.03. The van der Waals surface area contributed by atoms with Crippen LogP contribution >= 0.6 is 0 Å². The Morgan fingerprint density at radius 3 is 2.87 bits per heavy atom. The Labute approximate surface area is 87.5 Å². The molecule has 0 fully saturated rings. The molecule has 0 radical (unpaired) electrons. The molecule has 0 aliphatic heterocycles. The molecule has 5 nitrogen and oxygen atoms in total. The highest BCUT2D eigenvalue weighted by Gasteiger charge is 2.22. The molecule has 1 aromatic rings. The zero-order valence-electron chi connectivity index (χ0n) is 8.82. The lowest BCUT2D eigenvalue weighted by Crippen LogP contribution is -2.23. The van der Waals surface area contributed by atoms with Crippen molar-refractivity contribution in [2.45, 2.75) is 26.2 Å². The Bertz CT molecular complexity index is 386. The van der Waals surface area contributed by atoms with E-state index < -0.39 is 5.92 Å². The summed E-state index contributed by atoms with van der Waals surface area (Å²) in [5.74, 6) is -0.867. The van der Waals surface area contributed by atoms with Crippen molar-refractivity contribution in [1.82, 2.24) is 10.2 Å². The topological polar surface area (TPSA) is 72.0 Å². The number of carbonyl (C=O) groups is 1. The number of ether oxygens (including phenoxy) is 1. The maximum Gasteiger partial charge on any atom is 0.313 e. The van der Waals surface area contributed by atoms with Crippen molar-refractivity contribution in [3.05, 3.63) is 28.2 Å². The fraction of sp³-hybridized carbons (Fsp3) is 0.500. The molecule has 0 spiro atoms. The highest BCUT2D eigenvalue weighted by atomic mass is 16.5. The third kappa shape index (κ3) is 2.65. The van der Waals surface area contributed by atoms with Gasteiger partial charge in [0.05, 0.1) is 12.5 Å². The fourth-order valence-electron chi connectivity index (χ4n) is 1.38. The molecule has 82 valence electrons. The van der Waals surface area contributed by atoms with Gasteiger partial charge in [0.15, 0.2) is 0 Å². The van der Waals surface area contributed by atoms with Gasteiger partial charge < -0.3 is 4.74 Å². The molecule has 0 bridgehead atoms. The zero-order chi connectivity index (χ0) is 11.3. The van der Waals surface area contributed by atoms with E-state index in [4.69, 9.17) is 4.74 Å². The number of esters is 1. The molecular formula is C10H14N2O3. The summed E-state index contributed by atoms with van der Waals surface area (Å²) in [6.45, 7) is 3.89. The minimum atomic E-state index is -0.503. The standard InChI is InChI=1S/C10H14N2O3/c1-3-7(10(14)15-4-2)8-5-6-11-12-9(8)13/h5-7H,3-4H2,1-2H3,(H,12,13). The van der Waals surface area contributed by atoms with Gasteiger partial charge in [0.1, 0.15) is 0 Å². The van der Waals surface area contributed by atoms with Gasteiger partial charge in [0.2, 0.25) is 0 Å². The molecule has 1 aromatic heterocycles. The van der Waals surface area contributed by atoms with Gasteiger partial charge in [-0.3, -0.25) is 9.59 Å². The van der Waals surface area contributed by atoms with Gasteiger partial charge in [0, 0.05) is 11.8 Å². The molecule has 0 amide bonds. The van der Waals surface area contributed by atoms with E-state index in [1.165, 1.54) is 6.20 Å². The van der Waals surface area contributed by atoms with E-state index in [1.54, 1.807) is 13.0 Å². The lowest BCUT2D eigenvalue weighted by molar-refractivity contribution is -0.145. The number of hydrogen-bond acceptors (Lipinski definition) is 4. The molecule has 1 unspecified atom stereocenters. The Balaban J connectivity index is 2.98. The van der Waals surface area contributed by atoms with Gasteiger partial charge in [-0.25, -0.2) is 5.10 Å². The lowest BCUT2D eigenvalue weighted by atomic mass is 9.99. The van der Waals surface area contributed by atoms with Crippen LogP contribution in [-0.4, -0.2) is 22.8 Å². The first-order valence-electron chi connectivity index (χ1n) is 4.90. The van der Waals surface area contributed by atoms with Crippen LogP contribution in [0.5, 0.6) is 0 Å². The van der Waals surface area contributed by atoms with E-state index >= 15 is 0 Å². The van der Waals surface area contributed by atoms with Crippen LogP contribution in [0.15, 0.2) is 17.1 Å². The van der Waals surface area contributed by atoms with Crippen molar-refractivity contribution < 1.29 is 9.53 Å². The number of aromatic nitrogens is 2. The van der Waals surface area contributed by atoms with Crippen LogP contribution in [0.4, 0.5) is 0 Å². The lowest BCUT2D eigenvalue weighted by Gasteiger charge is -2.12. The third-order valence-corrected chi connectivity index (χ3v) is 2.11. The number of nitrogens with zero attached hydrogens (tertiary/aromatic N) is 1. The average Bonchev–Trinajstić information content (AvgIpc) is 2.22. The first kappa shape index (κ1) is 11.4. The second-order valence-electron chi connectivity index (χ2n) is 3.05. The number of H-pyrrole nitrogens is 1. The predicted octanol–water partition coefficient (Wildman–Crippen LogP) is 0.827. The zero-order valence-corrected chi connectivity index (χ0v) is 8.82. The van der Waals surface area contributed by atoms with Gasteiger partial charge in [0.25, 0.3) is 5.56 Å². The second-order valence-corrected chi connectivity index (χ2v) is 3.05. The minimum Gasteiger partial charge on any atom is -0.466 e. The van der Waals surface area contributed by atoms with E-state index in [1.807, 2.05) is 6.92 Å². The van der Waals surface area contributed by atoms with Gasteiger partial charge >= 0.3 is 5.97 Å². The van der Waals surface area contributed by atoms with Crippen LogP contribution in [0.2, 0.25) is 0 Å². The highest BCUT2D eigenvalue weighted by Crippen LogP contribution is 2.16. The summed E-state index contributed by atoms with van der Waals surface area (Å²) in [5, 5.41) is 5.88. The fourth-order valence-corrected chi connectivity index (χ4v) is 1.38. The quantitative estimate of drug-likeness (QED) is 0.747. The number of rotatable bonds is 4. The molecule has 1 rings (SSSR count). The van der Waals surface area contributed by atoms with Crippen LogP contribution in [0.1, 0.15) is 31.7 Å². The predicted molar refractivity (Wildman–Crippen MR) is 54.5 cm³/mol. The monoisotopic (exact) mass is 210 g/mol. The third-order valence-electron chi connectivity index (χ3n) is 2.11. The molecule has 5 heteroatoms. The summed E-state index contributed by atoms with van der Waals surface area (Å²) in [5.41, 5.74) is 0.0725. The minimum absolute atomic E-state index is 0.318. The molecule has 1 N–H and O–H groups in total. The first-order chi connectivity index (χ1) is 7.20. The molecule has 0 saturated carbocycles. The van der Waals surface area contributed by atoms with Gasteiger partial charge in [-0.15, -0.1) is 0 Å². The molecule has 0 aromatic carbocycles. The van der Waals surface area contributed by atoms with Crippen LogP contribution < -0.4 is 5.56 Å². The summed E-state index contributed by atoms with van der Waals surface area (Å²) < 4.78 is 4.89. The largest absolute Gasteiger partial charge is 0.466 e. The summed E-state index contributed by atoms with van der Waals surface area (Å²) in [6, 6.07) is 1.55. The summed E-state index contributed by atoms with van der Waals surface area (Å²) in [4.78, 5) is 22.9. The number of carbonyl (C=O) groups excluding carboxylic acids is 1. The molecule has 0 aliphatic rings. The van der Waals surface area contributed by atoms with Crippen molar-refractivity contribution in [2.24, 2.45) is 0 Å². The van der Waals surface area contributed by atoms with E-state index in [9.17, 15) is 9.59 Å². The summed E-state index contributed by atoms with van der Waals surface area (Å²) >= 11 is 0. The van der Waals surface area contributed by atoms with Crippen LogP contribution in [0.3, 0.4) is 0 Å². The van der Waals surface area contributed by atoms with Crippen LogP contribution in [0.25, 0.3) is 0 Å². The Morgan fingerprint density at radius 1 is 1.60 bits per heavy atom. The smallest absolute Gasteiger partial charge is 0.313 e. The summed E-state index contributed by atoms with van der Waals surface area (Å²) in [6.07, 6.45) is 1.99. The number of hydrogen-bond donors (Lipinski definition) is 1. The maximum absolute atomic E-state index is 11.5. The van der Waals surface area contributed by atoms with Crippen molar-refractivity contribution in [3.63, 3.8) is 0 Å². The molecule has 1 heterocycles. The first-order valence-corrected chi connectivity index (χ1v) is 4.90. The van der Waals surface area contributed by atoms with Crippen molar-refractivity contribution in [1.29, 1.82) is 0 Å². The van der Waals surface area contributed by atoms with E-state index in [-0.39, 0.29) is 11.5 Å². The summed E-state index contributed by atoms with van der Waals surface area (Å²) in [7, 11) is 0. The Morgan fingerprint density at radius 2 is 2.33 bits per heavy atom. The SMILES string of the molecule is CCOC(=O)C(CC)c1ccn[nH]c1=O. The average molecular weight is 210 g/mol. The Hall–Kier alpha value is -1.65. The van der Waals surface area contributed by atoms with Crippen LogP contribution in [-0.2, 0) is 9.53 Å². The maximum atomic E-state index is 11.5. The van der Waals surface area contributed by atoms with Gasteiger partial charge in [-0.2, -0.15) is 5.10 Å².